The molecule has 0 aromatic carbocycles. The molecule has 25 heavy (non-hydrogen) atoms. The summed E-state index contributed by atoms with van der Waals surface area (Å²) in [6, 6.07) is 4.23. The van der Waals surface area contributed by atoms with Crippen LogP contribution in [0, 0.1) is 0 Å². The van der Waals surface area contributed by atoms with E-state index in [0.29, 0.717) is 0 Å². The van der Waals surface area contributed by atoms with Crippen molar-refractivity contribution in [3.63, 3.8) is 0 Å². The summed E-state index contributed by atoms with van der Waals surface area (Å²) in [4.78, 5) is 10.9. The molecule has 0 saturated carbocycles. The van der Waals surface area contributed by atoms with Crippen molar-refractivity contribution in [2.24, 2.45) is 0 Å². The van der Waals surface area contributed by atoms with Gasteiger partial charge in [-0.15, -0.1) is 0 Å². The van der Waals surface area contributed by atoms with Crippen molar-refractivity contribution < 1.29 is 9.31 Å². The molecule has 0 bridgehead atoms. The first-order valence-corrected chi connectivity index (χ1v) is 8.57. The smallest absolute Gasteiger partial charge is 0.399 e. The van der Waals surface area contributed by atoms with Gasteiger partial charge in [0.15, 0.2) is 0 Å². The van der Waals surface area contributed by atoms with Crippen molar-refractivity contribution in [1.29, 1.82) is 0 Å². The number of hydrogen-bond acceptors (Lipinski definition) is 5. The fourth-order valence-electron chi connectivity index (χ4n) is 2.82. The average molecular weight is 339 g/mol. The van der Waals surface area contributed by atoms with Crippen LogP contribution < -0.4 is 5.46 Å². The highest BCUT2D eigenvalue weighted by Crippen LogP contribution is 2.36. The van der Waals surface area contributed by atoms with Crippen LogP contribution in [0.1, 0.15) is 33.3 Å². The molecule has 1 saturated heterocycles. The van der Waals surface area contributed by atoms with Gasteiger partial charge in [0, 0.05) is 47.9 Å². The summed E-state index contributed by atoms with van der Waals surface area (Å²) in [6.07, 6.45) is 7.42. The molecule has 2 aromatic heterocycles. The molecule has 132 valence electrons. The van der Waals surface area contributed by atoms with Gasteiger partial charge in [-0.3, -0.25) is 9.97 Å². The van der Waals surface area contributed by atoms with E-state index >= 15 is 0 Å². The van der Waals surface area contributed by atoms with Crippen molar-refractivity contribution in [1.82, 2.24) is 14.9 Å². The van der Waals surface area contributed by atoms with E-state index in [-0.39, 0.29) is 11.2 Å². The molecule has 1 aliphatic heterocycles. The van der Waals surface area contributed by atoms with Crippen LogP contribution in [0.4, 0.5) is 0 Å². The number of pyridine rings is 2. The highest BCUT2D eigenvalue weighted by Gasteiger charge is 2.51. The standard InChI is InChI=1S/C19H26BN3O2/c1-18(2)19(3,4)25-20(24-18)17-8-16(11-22-12-17)15-7-14(9-21-10-15)13-23(5)6/h7-12H,13H2,1-6H3. The Morgan fingerprint density at radius 1 is 0.880 bits per heavy atom. The first-order chi connectivity index (χ1) is 11.7. The first-order valence-electron chi connectivity index (χ1n) is 8.57. The predicted octanol–water partition coefficient (Wildman–Crippen LogP) is 2.50. The largest absolute Gasteiger partial charge is 0.496 e. The lowest BCUT2D eigenvalue weighted by Crippen LogP contribution is -2.41. The van der Waals surface area contributed by atoms with E-state index in [9.17, 15) is 0 Å². The van der Waals surface area contributed by atoms with Crippen molar-refractivity contribution in [3.05, 3.63) is 42.5 Å². The Bertz CT molecular complexity index is 746. The van der Waals surface area contributed by atoms with Crippen molar-refractivity contribution >= 4 is 12.6 Å². The molecule has 0 atom stereocenters. The van der Waals surface area contributed by atoms with Gasteiger partial charge >= 0.3 is 7.12 Å². The summed E-state index contributed by atoms with van der Waals surface area (Å²) in [5.41, 5.74) is 3.44. The van der Waals surface area contributed by atoms with Crippen LogP contribution in [0.15, 0.2) is 36.9 Å². The number of hydrogen-bond donors (Lipinski definition) is 0. The van der Waals surface area contributed by atoms with E-state index < -0.39 is 7.12 Å². The van der Waals surface area contributed by atoms with Crippen LogP contribution in [-0.2, 0) is 15.9 Å². The summed E-state index contributed by atoms with van der Waals surface area (Å²) in [6.45, 7) is 9.07. The second-order valence-electron chi connectivity index (χ2n) is 7.91. The Morgan fingerprint density at radius 2 is 1.44 bits per heavy atom. The maximum atomic E-state index is 6.13. The summed E-state index contributed by atoms with van der Waals surface area (Å²) >= 11 is 0. The van der Waals surface area contributed by atoms with E-state index in [1.807, 2.05) is 38.9 Å². The molecule has 0 N–H and O–H groups in total. The van der Waals surface area contributed by atoms with E-state index in [1.54, 1.807) is 0 Å². The molecule has 1 fully saturated rings. The second kappa shape index (κ2) is 6.52. The fraction of sp³-hybridized carbons (Fsp3) is 0.474. The van der Waals surface area contributed by atoms with Crippen LogP contribution in [0.25, 0.3) is 11.1 Å². The van der Waals surface area contributed by atoms with Gasteiger partial charge < -0.3 is 14.2 Å². The SMILES string of the molecule is CN(C)Cc1cncc(-c2cncc(B3OC(C)(C)C(C)(C)O3)c2)c1. The second-order valence-corrected chi connectivity index (χ2v) is 7.91. The number of aromatic nitrogens is 2. The Morgan fingerprint density at radius 3 is 2.04 bits per heavy atom. The third-order valence-electron chi connectivity index (χ3n) is 4.91. The Kier molecular flexibility index (Phi) is 4.71. The van der Waals surface area contributed by atoms with Gasteiger partial charge in [-0.25, -0.2) is 0 Å². The van der Waals surface area contributed by atoms with Crippen molar-refractivity contribution in [2.45, 2.75) is 45.4 Å². The van der Waals surface area contributed by atoms with Gasteiger partial charge in [-0.05, 0) is 53.4 Å². The Labute approximate surface area is 150 Å². The number of rotatable bonds is 4. The molecule has 0 unspecified atom stereocenters. The minimum absolute atomic E-state index is 0.360. The lowest BCUT2D eigenvalue weighted by Gasteiger charge is -2.32. The lowest BCUT2D eigenvalue weighted by atomic mass is 9.79. The molecule has 3 rings (SSSR count). The topological polar surface area (TPSA) is 47.5 Å². The Hall–Kier alpha value is -1.76. The van der Waals surface area contributed by atoms with Crippen molar-refractivity contribution in [2.75, 3.05) is 14.1 Å². The van der Waals surface area contributed by atoms with Gasteiger partial charge in [0.1, 0.15) is 0 Å². The zero-order valence-corrected chi connectivity index (χ0v) is 15.9. The molecule has 0 aliphatic carbocycles. The molecule has 0 amide bonds. The molecule has 5 nitrogen and oxygen atoms in total. The highest BCUT2D eigenvalue weighted by molar-refractivity contribution is 6.62. The maximum absolute atomic E-state index is 6.13. The van der Waals surface area contributed by atoms with Crippen LogP contribution in [0.5, 0.6) is 0 Å². The average Bonchev–Trinajstić information content (AvgIpc) is 2.75. The molecule has 0 spiro atoms. The van der Waals surface area contributed by atoms with E-state index in [1.165, 1.54) is 5.56 Å². The number of nitrogens with zero attached hydrogens (tertiary/aromatic N) is 3. The third kappa shape index (κ3) is 3.76. The third-order valence-corrected chi connectivity index (χ3v) is 4.91. The summed E-state index contributed by atoms with van der Waals surface area (Å²) < 4.78 is 12.3. The molecule has 2 aromatic rings. The predicted molar refractivity (Wildman–Crippen MR) is 101 cm³/mol. The molecule has 1 aliphatic rings. The maximum Gasteiger partial charge on any atom is 0.496 e. The molecular formula is C19H26BN3O2. The quantitative estimate of drug-likeness (QED) is 0.801. The Balaban J connectivity index is 1.88. The van der Waals surface area contributed by atoms with Crippen LogP contribution in [-0.4, -0.2) is 47.3 Å². The monoisotopic (exact) mass is 339 g/mol. The highest BCUT2D eigenvalue weighted by atomic mass is 16.7. The summed E-state index contributed by atoms with van der Waals surface area (Å²) in [5.74, 6) is 0. The lowest BCUT2D eigenvalue weighted by molar-refractivity contribution is 0.00578. The van der Waals surface area contributed by atoms with E-state index in [2.05, 4.69) is 54.7 Å². The zero-order valence-electron chi connectivity index (χ0n) is 15.9. The van der Waals surface area contributed by atoms with Gasteiger partial charge in [-0.2, -0.15) is 0 Å². The van der Waals surface area contributed by atoms with Gasteiger partial charge in [0.2, 0.25) is 0 Å². The molecular weight excluding hydrogens is 313 g/mol. The van der Waals surface area contributed by atoms with Gasteiger partial charge in [0.25, 0.3) is 0 Å². The molecule has 0 radical (unpaired) electrons. The van der Waals surface area contributed by atoms with Crippen LogP contribution in [0.3, 0.4) is 0 Å². The van der Waals surface area contributed by atoms with Crippen molar-refractivity contribution in [3.8, 4) is 11.1 Å². The van der Waals surface area contributed by atoms with E-state index in [4.69, 9.17) is 9.31 Å². The van der Waals surface area contributed by atoms with Gasteiger partial charge in [-0.1, -0.05) is 6.07 Å². The normalized spacial score (nSPS) is 18.8. The van der Waals surface area contributed by atoms with E-state index in [0.717, 1.165) is 23.1 Å². The first kappa shape index (κ1) is 18.0. The minimum atomic E-state index is -0.407. The summed E-state index contributed by atoms with van der Waals surface area (Å²) in [7, 11) is 3.69. The molecule has 3 heterocycles. The zero-order chi connectivity index (χ0) is 18.2. The summed E-state index contributed by atoms with van der Waals surface area (Å²) in [5, 5.41) is 0. The molecule has 6 heteroatoms. The van der Waals surface area contributed by atoms with Crippen LogP contribution in [0.2, 0.25) is 0 Å². The minimum Gasteiger partial charge on any atom is -0.399 e. The van der Waals surface area contributed by atoms with Crippen LogP contribution >= 0.6 is 0 Å². The van der Waals surface area contributed by atoms with Gasteiger partial charge in [0.05, 0.1) is 11.2 Å². The fourth-order valence-corrected chi connectivity index (χ4v) is 2.82.